The average Bonchev–Trinajstić information content (AvgIpc) is 2.81. The highest BCUT2D eigenvalue weighted by Crippen LogP contribution is 2.19. The Hall–Kier alpha value is -3.39. The van der Waals surface area contributed by atoms with Gasteiger partial charge in [0.25, 0.3) is 0 Å². The van der Waals surface area contributed by atoms with Gasteiger partial charge in [-0.25, -0.2) is 4.79 Å². The predicted octanol–water partition coefficient (Wildman–Crippen LogP) is 3.27. The fraction of sp³-hybridized carbons (Fsp3) is 0.348. The van der Waals surface area contributed by atoms with Crippen LogP contribution < -0.4 is 9.47 Å². The number of amides is 1. The molecule has 3 aromatic rings. The van der Waals surface area contributed by atoms with E-state index >= 15 is 0 Å². The van der Waals surface area contributed by atoms with Crippen molar-refractivity contribution in [2.75, 3.05) is 39.3 Å². The SMILES string of the molecule is O=C(O)N1CCN(CCCOc2ccc3ccc(OCc4ccccc4)nc3n2)CC1. The Kier molecular flexibility index (Phi) is 6.78. The van der Waals surface area contributed by atoms with Crippen molar-refractivity contribution in [3.63, 3.8) is 0 Å². The van der Waals surface area contributed by atoms with Crippen LogP contribution in [0.4, 0.5) is 4.79 Å². The molecule has 3 heterocycles. The number of piperazine rings is 1. The standard InChI is InChI=1S/C23H26N4O4/c28-23(29)27-14-12-26(13-15-27)11-4-16-30-20-9-7-19-8-10-21(25-22(19)24-20)31-17-18-5-2-1-3-6-18/h1-3,5-10H,4,11-17H2,(H,28,29). The molecule has 0 aliphatic carbocycles. The van der Waals surface area contributed by atoms with Crippen LogP contribution in [0.2, 0.25) is 0 Å². The van der Waals surface area contributed by atoms with Gasteiger partial charge < -0.3 is 19.5 Å². The Morgan fingerprint density at radius 1 is 0.903 bits per heavy atom. The van der Waals surface area contributed by atoms with E-state index in [9.17, 15) is 4.79 Å². The molecule has 0 saturated carbocycles. The first kappa shape index (κ1) is 20.9. The number of pyridine rings is 2. The molecule has 31 heavy (non-hydrogen) atoms. The number of fused-ring (bicyclic) bond motifs is 1. The summed E-state index contributed by atoms with van der Waals surface area (Å²) in [5.41, 5.74) is 1.67. The van der Waals surface area contributed by atoms with Crippen molar-refractivity contribution < 1.29 is 19.4 Å². The lowest BCUT2D eigenvalue weighted by Gasteiger charge is -2.32. The molecule has 8 heteroatoms. The molecule has 4 rings (SSSR count). The zero-order chi connectivity index (χ0) is 21.5. The second-order valence-corrected chi connectivity index (χ2v) is 7.43. The van der Waals surface area contributed by atoms with Gasteiger partial charge >= 0.3 is 6.09 Å². The molecule has 0 atom stereocenters. The Morgan fingerprint density at radius 3 is 2.26 bits per heavy atom. The molecule has 1 saturated heterocycles. The quantitative estimate of drug-likeness (QED) is 0.558. The molecule has 0 bridgehead atoms. The van der Waals surface area contributed by atoms with Crippen molar-refractivity contribution in [2.45, 2.75) is 13.0 Å². The maximum Gasteiger partial charge on any atom is 0.407 e. The third-order valence-electron chi connectivity index (χ3n) is 5.24. The first-order chi connectivity index (χ1) is 15.2. The van der Waals surface area contributed by atoms with Crippen LogP contribution in [-0.4, -0.2) is 70.3 Å². The van der Waals surface area contributed by atoms with Gasteiger partial charge in [-0.15, -0.1) is 0 Å². The summed E-state index contributed by atoms with van der Waals surface area (Å²) >= 11 is 0. The molecular weight excluding hydrogens is 396 g/mol. The Labute approximate surface area is 181 Å². The maximum absolute atomic E-state index is 11.0. The first-order valence-corrected chi connectivity index (χ1v) is 10.4. The molecule has 0 unspecified atom stereocenters. The number of ether oxygens (including phenoxy) is 2. The van der Waals surface area contributed by atoms with Gasteiger partial charge in [0.2, 0.25) is 11.8 Å². The second kappa shape index (κ2) is 10.1. The maximum atomic E-state index is 11.0. The van der Waals surface area contributed by atoms with E-state index < -0.39 is 6.09 Å². The molecule has 1 aliphatic rings. The van der Waals surface area contributed by atoms with Crippen LogP contribution >= 0.6 is 0 Å². The van der Waals surface area contributed by atoms with Crippen LogP contribution in [0.5, 0.6) is 11.8 Å². The normalized spacial score (nSPS) is 14.5. The molecular formula is C23H26N4O4. The van der Waals surface area contributed by atoms with E-state index in [4.69, 9.17) is 14.6 Å². The van der Waals surface area contributed by atoms with Crippen LogP contribution in [0.1, 0.15) is 12.0 Å². The van der Waals surface area contributed by atoms with E-state index in [1.807, 2.05) is 54.6 Å². The summed E-state index contributed by atoms with van der Waals surface area (Å²) in [7, 11) is 0. The fourth-order valence-electron chi connectivity index (χ4n) is 3.48. The van der Waals surface area contributed by atoms with Gasteiger partial charge in [0.1, 0.15) is 6.61 Å². The number of carbonyl (C=O) groups is 1. The van der Waals surface area contributed by atoms with Crippen molar-refractivity contribution in [3.8, 4) is 11.8 Å². The van der Waals surface area contributed by atoms with Gasteiger partial charge in [0, 0.05) is 50.2 Å². The molecule has 1 aromatic carbocycles. The van der Waals surface area contributed by atoms with Gasteiger partial charge in [-0.05, 0) is 24.1 Å². The number of hydrogen-bond donors (Lipinski definition) is 1. The van der Waals surface area contributed by atoms with Gasteiger partial charge in [0.05, 0.1) is 6.61 Å². The lowest BCUT2D eigenvalue weighted by molar-refractivity contribution is 0.103. The molecule has 1 fully saturated rings. The third-order valence-corrected chi connectivity index (χ3v) is 5.24. The molecule has 0 spiro atoms. The highest BCUT2D eigenvalue weighted by molar-refractivity contribution is 5.75. The summed E-state index contributed by atoms with van der Waals surface area (Å²) in [6, 6.07) is 17.5. The monoisotopic (exact) mass is 422 g/mol. The van der Waals surface area contributed by atoms with Gasteiger partial charge in [-0.2, -0.15) is 9.97 Å². The summed E-state index contributed by atoms with van der Waals surface area (Å²) < 4.78 is 11.6. The summed E-state index contributed by atoms with van der Waals surface area (Å²) in [6.45, 7) is 4.51. The number of aromatic nitrogens is 2. The molecule has 1 N–H and O–H groups in total. The van der Waals surface area contributed by atoms with Gasteiger partial charge in [0.15, 0.2) is 5.65 Å². The summed E-state index contributed by atoms with van der Waals surface area (Å²) in [5.74, 6) is 1.07. The van der Waals surface area contributed by atoms with Crippen molar-refractivity contribution in [3.05, 3.63) is 60.2 Å². The van der Waals surface area contributed by atoms with Crippen LogP contribution in [0, 0.1) is 0 Å². The lowest BCUT2D eigenvalue weighted by Crippen LogP contribution is -2.48. The molecule has 2 aromatic heterocycles. The minimum absolute atomic E-state index is 0.455. The van der Waals surface area contributed by atoms with E-state index in [1.165, 1.54) is 4.90 Å². The van der Waals surface area contributed by atoms with E-state index in [0.29, 0.717) is 43.7 Å². The van der Waals surface area contributed by atoms with Crippen LogP contribution in [0.15, 0.2) is 54.6 Å². The van der Waals surface area contributed by atoms with E-state index in [2.05, 4.69) is 14.9 Å². The number of rotatable bonds is 8. The number of hydrogen-bond acceptors (Lipinski definition) is 6. The van der Waals surface area contributed by atoms with E-state index in [0.717, 1.165) is 37.0 Å². The number of carboxylic acid groups (broad SMARTS) is 1. The fourth-order valence-corrected chi connectivity index (χ4v) is 3.48. The number of benzene rings is 1. The number of nitrogens with zero attached hydrogens (tertiary/aromatic N) is 4. The summed E-state index contributed by atoms with van der Waals surface area (Å²) in [4.78, 5) is 23.7. The first-order valence-electron chi connectivity index (χ1n) is 10.4. The summed E-state index contributed by atoms with van der Waals surface area (Å²) in [5, 5.41) is 9.93. The highest BCUT2D eigenvalue weighted by Gasteiger charge is 2.19. The molecule has 8 nitrogen and oxygen atoms in total. The Balaban J connectivity index is 1.26. The molecule has 1 aliphatic heterocycles. The highest BCUT2D eigenvalue weighted by atomic mass is 16.5. The Morgan fingerprint density at radius 2 is 1.58 bits per heavy atom. The molecule has 162 valence electrons. The minimum Gasteiger partial charge on any atom is -0.478 e. The lowest BCUT2D eigenvalue weighted by atomic mass is 10.2. The van der Waals surface area contributed by atoms with Crippen molar-refractivity contribution in [2.24, 2.45) is 0 Å². The van der Waals surface area contributed by atoms with Crippen molar-refractivity contribution >= 4 is 17.1 Å². The summed E-state index contributed by atoms with van der Waals surface area (Å²) in [6.07, 6.45) is 0.00747. The van der Waals surface area contributed by atoms with Crippen molar-refractivity contribution in [1.29, 1.82) is 0 Å². The predicted molar refractivity (Wildman–Crippen MR) is 116 cm³/mol. The molecule has 1 amide bonds. The van der Waals surface area contributed by atoms with Crippen LogP contribution in [-0.2, 0) is 6.61 Å². The Bertz CT molecular complexity index is 1010. The van der Waals surface area contributed by atoms with Crippen LogP contribution in [0.3, 0.4) is 0 Å². The van der Waals surface area contributed by atoms with E-state index in [1.54, 1.807) is 0 Å². The van der Waals surface area contributed by atoms with E-state index in [-0.39, 0.29) is 0 Å². The topological polar surface area (TPSA) is 88.0 Å². The largest absolute Gasteiger partial charge is 0.478 e. The van der Waals surface area contributed by atoms with Gasteiger partial charge in [-0.3, -0.25) is 4.90 Å². The van der Waals surface area contributed by atoms with Gasteiger partial charge in [-0.1, -0.05) is 30.3 Å². The third kappa shape index (κ3) is 5.82. The second-order valence-electron chi connectivity index (χ2n) is 7.43. The molecule has 0 radical (unpaired) electrons. The average molecular weight is 422 g/mol. The minimum atomic E-state index is -0.840. The van der Waals surface area contributed by atoms with Crippen molar-refractivity contribution in [1.82, 2.24) is 19.8 Å². The van der Waals surface area contributed by atoms with Crippen LogP contribution in [0.25, 0.3) is 11.0 Å². The zero-order valence-corrected chi connectivity index (χ0v) is 17.3. The zero-order valence-electron chi connectivity index (χ0n) is 17.3. The smallest absolute Gasteiger partial charge is 0.407 e.